The number of hydrogen-bond donors (Lipinski definition) is 0. The zero-order valence-corrected chi connectivity index (χ0v) is 55.4. The van der Waals surface area contributed by atoms with Crippen molar-refractivity contribution < 1.29 is 77.2 Å². The van der Waals surface area contributed by atoms with Crippen LogP contribution in [-0.4, -0.2) is 19.0 Å². The van der Waals surface area contributed by atoms with Gasteiger partial charge >= 0.3 is 52.4 Å². The molecule has 12 aromatic rings. The molecule has 6 radical (unpaired) electrons. The average Bonchev–Trinajstić information content (AvgIpc) is 4.25. The van der Waals surface area contributed by atoms with E-state index >= 15 is 0 Å². The molecule has 12 aromatic carbocycles. The molecule has 0 fully saturated rings. The van der Waals surface area contributed by atoms with Crippen LogP contribution in [0.3, 0.4) is 0 Å². The van der Waals surface area contributed by atoms with Crippen molar-refractivity contribution in [1.29, 1.82) is 0 Å². The molecule has 0 amide bonds. The summed E-state index contributed by atoms with van der Waals surface area (Å²) in [6.45, 7) is 21.9. The number of halogens is 2. The van der Waals surface area contributed by atoms with Crippen LogP contribution in [0.5, 0.6) is 0 Å². The Hall–Kier alpha value is -5.02. The third-order valence-corrected chi connectivity index (χ3v) is 13.0. The van der Waals surface area contributed by atoms with E-state index in [9.17, 15) is 0 Å². The second-order valence-electron chi connectivity index (χ2n) is 19.7. The van der Waals surface area contributed by atoms with E-state index in [0.29, 0.717) is 11.8 Å². The van der Waals surface area contributed by atoms with E-state index in [-0.39, 0.29) is 77.2 Å². The normalized spacial score (nSPS) is 10.1. The zero-order chi connectivity index (χ0) is 52.4. The van der Waals surface area contributed by atoms with Crippen LogP contribution < -0.4 is 24.8 Å². The minimum Gasteiger partial charge on any atom is -1.00 e. The first-order valence-electron chi connectivity index (χ1n) is 26.1. The van der Waals surface area contributed by atoms with Crippen molar-refractivity contribution in [2.45, 2.75) is 79.6 Å². The number of rotatable bonds is 6. The van der Waals surface area contributed by atoms with Gasteiger partial charge in [-0.05, 0) is 34.1 Å². The van der Waals surface area contributed by atoms with Crippen molar-refractivity contribution in [1.82, 2.24) is 0 Å². The second kappa shape index (κ2) is 34.2. The number of fused-ring (bicyclic) bond motifs is 4. The molecule has 12 rings (SSSR count). The molecule has 0 nitrogen and oxygen atoms in total. The Labute approximate surface area is 523 Å². The van der Waals surface area contributed by atoms with E-state index < -0.39 is 0 Å². The molecule has 0 saturated heterocycles. The van der Waals surface area contributed by atoms with Gasteiger partial charge in [-0.3, -0.25) is 0 Å². The standard InChI is InChI=1S/2C18H17.2C16H13.2C2H6Si.2ClH.2Zr/c2*1-13(2)16-11-15-9-6-10-17(18(15)12-16)14-7-4-3-5-8-14;2*1-12-10-14-8-5-9-15(16(14)11-12)13-6-3-2-4-7-13;2*1-3-2;;;;/h2*3-13H,1-2H3;2*2-11H,1H3;2*1-2H3;2*1H;;/q4*-1;;;;;2*+3/p-2. The Morgan fingerprint density at radius 1 is 0.295 bits per heavy atom. The second-order valence-corrected chi connectivity index (χ2v) is 21.7. The minimum absolute atomic E-state index is 0. The third kappa shape index (κ3) is 18.0. The monoisotopic (exact) mass is 1240 g/mol. The Bertz CT molecular complexity index is 3330. The van der Waals surface area contributed by atoms with Gasteiger partial charge < -0.3 is 24.8 Å². The summed E-state index contributed by atoms with van der Waals surface area (Å²) in [7, 11) is 2.17. The summed E-state index contributed by atoms with van der Waals surface area (Å²) in [5.41, 5.74) is 16.0. The first kappa shape index (κ1) is 67.3. The van der Waals surface area contributed by atoms with E-state index in [2.05, 4.69) is 310 Å². The Kier molecular flexibility index (Phi) is 29.5. The summed E-state index contributed by atoms with van der Waals surface area (Å²) in [6, 6.07) is 86.7. The number of benzene rings is 8. The van der Waals surface area contributed by atoms with Gasteiger partial charge in [-0.2, -0.15) is 24.3 Å². The predicted molar refractivity (Wildman–Crippen MR) is 333 cm³/mol. The van der Waals surface area contributed by atoms with E-state index in [1.54, 1.807) is 0 Å². The molecular formula is C72H72Cl2Si2Zr2. The predicted octanol–water partition coefficient (Wildman–Crippen LogP) is 15.3. The molecule has 0 bridgehead atoms. The van der Waals surface area contributed by atoms with Gasteiger partial charge in [0.05, 0.1) is 0 Å². The van der Waals surface area contributed by atoms with Crippen molar-refractivity contribution in [3.63, 3.8) is 0 Å². The summed E-state index contributed by atoms with van der Waals surface area (Å²) >= 11 is 0. The van der Waals surface area contributed by atoms with Gasteiger partial charge in [-0.1, -0.05) is 236 Å². The maximum atomic E-state index is 2.34. The van der Waals surface area contributed by atoms with Crippen molar-refractivity contribution in [2.75, 3.05) is 0 Å². The molecule has 0 aliphatic heterocycles. The first-order valence-corrected chi connectivity index (χ1v) is 30.1. The largest absolute Gasteiger partial charge is 3.00 e. The molecule has 390 valence electrons. The quantitative estimate of drug-likeness (QED) is 0.115. The van der Waals surface area contributed by atoms with Crippen LogP contribution in [0, 0.1) is 13.8 Å². The molecule has 0 heterocycles. The minimum atomic E-state index is 0. The molecule has 0 aliphatic rings. The molecule has 0 aromatic heterocycles. The van der Waals surface area contributed by atoms with Crippen molar-refractivity contribution >= 4 is 62.1 Å². The maximum absolute atomic E-state index is 2.34. The van der Waals surface area contributed by atoms with E-state index in [1.165, 1.54) is 110 Å². The zero-order valence-electron chi connectivity index (χ0n) is 47.0. The Morgan fingerprint density at radius 2 is 0.513 bits per heavy atom. The van der Waals surface area contributed by atoms with Crippen molar-refractivity contribution in [2.24, 2.45) is 0 Å². The van der Waals surface area contributed by atoms with E-state index in [1.807, 2.05) is 0 Å². The van der Waals surface area contributed by atoms with Gasteiger partial charge in [-0.25, -0.2) is 0 Å². The van der Waals surface area contributed by atoms with Crippen LogP contribution in [0.1, 0.15) is 61.8 Å². The fourth-order valence-electron chi connectivity index (χ4n) is 9.43. The molecule has 0 N–H and O–H groups in total. The van der Waals surface area contributed by atoms with E-state index in [4.69, 9.17) is 0 Å². The summed E-state index contributed by atoms with van der Waals surface area (Å²) in [4.78, 5) is 0. The van der Waals surface area contributed by atoms with E-state index in [0.717, 1.165) is 19.0 Å². The molecule has 0 saturated carbocycles. The molecule has 0 aliphatic carbocycles. The molecule has 0 atom stereocenters. The number of hydrogen-bond acceptors (Lipinski definition) is 0. The summed E-state index contributed by atoms with van der Waals surface area (Å²) in [5.74, 6) is 1.17. The summed E-state index contributed by atoms with van der Waals surface area (Å²) in [6.07, 6.45) is 0. The topological polar surface area (TPSA) is 0 Å². The molecular weight excluding hydrogens is 1170 g/mol. The van der Waals surface area contributed by atoms with Crippen LogP contribution in [-0.2, 0) is 52.4 Å². The molecule has 78 heavy (non-hydrogen) atoms. The van der Waals surface area contributed by atoms with Gasteiger partial charge in [0, 0.05) is 19.0 Å². The van der Waals surface area contributed by atoms with Crippen LogP contribution >= 0.6 is 0 Å². The smallest absolute Gasteiger partial charge is 1.00 e. The molecule has 6 heteroatoms. The summed E-state index contributed by atoms with van der Waals surface area (Å²) < 4.78 is 0. The van der Waals surface area contributed by atoms with Gasteiger partial charge in [0.1, 0.15) is 0 Å². The fourth-order valence-corrected chi connectivity index (χ4v) is 9.43. The van der Waals surface area contributed by atoms with Crippen molar-refractivity contribution in [3.05, 3.63) is 265 Å². The van der Waals surface area contributed by atoms with Crippen LogP contribution in [0.2, 0.25) is 26.2 Å². The first-order chi connectivity index (χ1) is 36.0. The van der Waals surface area contributed by atoms with Gasteiger partial charge in [0.25, 0.3) is 0 Å². The fraction of sp³-hybridized carbons (Fsp3) is 0.167. The maximum Gasteiger partial charge on any atom is 3.00 e. The average molecular weight is 1250 g/mol. The molecule has 0 spiro atoms. The summed E-state index contributed by atoms with van der Waals surface area (Å²) in [5, 5.41) is 10.8. The van der Waals surface area contributed by atoms with Crippen molar-refractivity contribution in [3.8, 4) is 44.5 Å². The van der Waals surface area contributed by atoms with Gasteiger partial charge in [-0.15, -0.1) is 138 Å². The Morgan fingerprint density at radius 3 is 0.744 bits per heavy atom. The SMILES string of the molecule is CC(C)c1cc2c(-c3ccccc3)cccc2[cH-]1.CC(C)c1cc2c(-c3ccccc3)cccc2[cH-]1.C[Si]C.C[Si]C.Cc1cc2c(-c3ccccc3)cccc2[cH-]1.Cc1cc2c(-c3ccccc3)cccc2[cH-]1.[Cl-].[Cl-].[Zr+3].[Zr+3]. The Balaban J connectivity index is 0.000000260. The van der Waals surface area contributed by atoms with Crippen LogP contribution in [0.25, 0.3) is 87.6 Å². The van der Waals surface area contributed by atoms with Gasteiger partial charge in [0.15, 0.2) is 0 Å². The van der Waals surface area contributed by atoms with Crippen LogP contribution in [0.4, 0.5) is 0 Å². The van der Waals surface area contributed by atoms with Gasteiger partial charge in [0.2, 0.25) is 0 Å². The third-order valence-electron chi connectivity index (χ3n) is 13.0. The molecule has 0 unspecified atom stereocenters. The van der Waals surface area contributed by atoms with Crippen LogP contribution in [0.15, 0.2) is 243 Å². The number of aryl methyl sites for hydroxylation is 2.